The van der Waals surface area contributed by atoms with Crippen LogP contribution in [-0.4, -0.2) is 31.1 Å². The SMILES string of the molecule is Cc1ccc([C@H](C2CCCCC2)N2CCNCC2)c(C)c1. The van der Waals surface area contributed by atoms with Crippen molar-refractivity contribution in [1.82, 2.24) is 10.2 Å². The molecule has 1 saturated carbocycles. The first kappa shape index (κ1) is 15.1. The lowest BCUT2D eigenvalue weighted by Gasteiger charge is -2.42. The van der Waals surface area contributed by atoms with E-state index in [0.29, 0.717) is 6.04 Å². The largest absolute Gasteiger partial charge is 0.314 e. The number of piperazine rings is 1. The van der Waals surface area contributed by atoms with Gasteiger partial charge in [-0.15, -0.1) is 0 Å². The van der Waals surface area contributed by atoms with Crippen LogP contribution < -0.4 is 5.32 Å². The van der Waals surface area contributed by atoms with E-state index in [4.69, 9.17) is 0 Å². The maximum absolute atomic E-state index is 3.51. The number of nitrogens with zero attached hydrogens (tertiary/aromatic N) is 1. The van der Waals surface area contributed by atoms with E-state index in [0.717, 1.165) is 19.0 Å². The Morgan fingerprint density at radius 3 is 2.43 bits per heavy atom. The van der Waals surface area contributed by atoms with E-state index in [-0.39, 0.29) is 0 Å². The number of rotatable bonds is 3. The van der Waals surface area contributed by atoms with Crippen LogP contribution in [0.1, 0.15) is 54.8 Å². The van der Waals surface area contributed by atoms with Crippen molar-refractivity contribution in [2.24, 2.45) is 5.92 Å². The summed E-state index contributed by atoms with van der Waals surface area (Å²) in [6.45, 7) is 9.21. The predicted octanol–water partition coefficient (Wildman–Crippen LogP) is 3.83. The van der Waals surface area contributed by atoms with Gasteiger partial charge in [-0.25, -0.2) is 0 Å². The highest BCUT2D eigenvalue weighted by Gasteiger charge is 2.31. The summed E-state index contributed by atoms with van der Waals surface area (Å²) >= 11 is 0. The maximum atomic E-state index is 3.51. The van der Waals surface area contributed by atoms with Crippen molar-refractivity contribution in [2.75, 3.05) is 26.2 Å². The summed E-state index contributed by atoms with van der Waals surface area (Å²) < 4.78 is 0. The van der Waals surface area contributed by atoms with Crippen LogP contribution in [0.15, 0.2) is 18.2 Å². The second kappa shape index (κ2) is 6.93. The van der Waals surface area contributed by atoms with E-state index in [1.54, 1.807) is 5.56 Å². The van der Waals surface area contributed by atoms with Crippen LogP contribution in [-0.2, 0) is 0 Å². The fourth-order valence-electron chi connectivity index (χ4n) is 4.32. The summed E-state index contributed by atoms with van der Waals surface area (Å²) in [5.41, 5.74) is 4.47. The Bertz CT molecular complexity index is 439. The van der Waals surface area contributed by atoms with Crippen molar-refractivity contribution in [3.8, 4) is 0 Å². The molecule has 1 heterocycles. The third kappa shape index (κ3) is 3.49. The topological polar surface area (TPSA) is 15.3 Å². The van der Waals surface area contributed by atoms with Gasteiger partial charge in [-0.2, -0.15) is 0 Å². The minimum atomic E-state index is 0.646. The maximum Gasteiger partial charge on any atom is 0.0379 e. The molecule has 0 radical (unpaired) electrons. The highest BCUT2D eigenvalue weighted by Crippen LogP contribution is 2.39. The molecule has 116 valence electrons. The molecule has 1 saturated heterocycles. The number of aryl methyl sites for hydroxylation is 2. The standard InChI is InChI=1S/C19H30N2/c1-15-8-9-18(16(2)14-15)19(17-6-4-3-5-7-17)21-12-10-20-11-13-21/h8-9,14,17,19-20H,3-7,10-13H2,1-2H3/t19-/m0/s1. The van der Waals surface area contributed by atoms with Crippen LogP contribution >= 0.6 is 0 Å². The van der Waals surface area contributed by atoms with Gasteiger partial charge in [0.05, 0.1) is 0 Å². The minimum absolute atomic E-state index is 0.646. The number of benzene rings is 1. The average Bonchev–Trinajstić information content (AvgIpc) is 2.52. The average molecular weight is 286 g/mol. The lowest BCUT2D eigenvalue weighted by atomic mass is 9.79. The van der Waals surface area contributed by atoms with Crippen LogP contribution in [0.4, 0.5) is 0 Å². The third-order valence-electron chi connectivity index (χ3n) is 5.39. The van der Waals surface area contributed by atoms with E-state index in [9.17, 15) is 0 Å². The predicted molar refractivity (Wildman–Crippen MR) is 89.7 cm³/mol. The van der Waals surface area contributed by atoms with Gasteiger partial charge in [-0.3, -0.25) is 4.90 Å². The number of hydrogen-bond donors (Lipinski definition) is 1. The smallest absolute Gasteiger partial charge is 0.0379 e. The highest BCUT2D eigenvalue weighted by atomic mass is 15.2. The van der Waals surface area contributed by atoms with Crippen molar-refractivity contribution < 1.29 is 0 Å². The Hall–Kier alpha value is -0.860. The molecule has 1 N–H and O–H groups in total. The first-order valence-electron chi connectivity index (χ1n) is 8.77. The molecule has 0 unspecified atom stereocenters. The molecule has 2 heteroatoms. The van der Waals surface area contributed by atoms with Crippen molar-refractivity contribution >= 4 is 0 Å². The summed E-state index contributed by atoms with van der Waals surface area (Å²) in [6.07, 6.45) is 7.14. The molecule has 0 aromatic heterocycles. The second-order valence-corrected chi connectivity index (χ2v) is 6.99. The van der Waals surface area contributed by atoms with Crippen molar-refractivity contribution in [3.63, 3.8) is 0 Å². The molecule has 1 aliphatic carbocycles. The van der Waals surface area contributed by atoms with Gasteiger partial charge in [-0.1, -0.05) is 43.0 Å². The normalized spacial score (nSPS) is 23.1. The molecular formula is C19H30N2. The summed E-state index contributed by atoms with van der Waals surface area (Å²) in [5.74, 6) is 0.859. The van der Waals surface area contributed by atoms with Gasteiger partial charge in [0.25, 0.3) is 0 Å². The zero-order chi connectivity index (χ0) is 14.7. The molecule has 3 rings (SSSR count). The molecule has 2 nitrogen and oxygen atoms in total. The Kier molecular flexibility index (Phi) is 4.97. The van der Waals surface area contributed by atoms with Crippen LogP contribution in [0, 0.1) is 19.8 Å². The summed E-state index contributed by atoms with van der Waals surface area (Å²) in [5, 5.41) is 3.51. The second-order valence-electron chi connectivity index (χ2n) is 6.99. The van der Waals surface area contributed by atoms with Crippen molar-refractivity contribution in [3.05, 3.63) is 34.9 Å². The van der Waals surface area contributed by atoms with E-state index < -0.39 is 0 Å². The third-order valence-corrected chi connectivity index (χ3v) is 5.39. The zero-order valence-electron chi connectivity index (χ0n) is 13.7. The van der Waals surface area contributed by atoms with Gasteiger partial charge in [-0.05, 0) is 43.7 Å². The molecule has 2 fully saturated rings. The van der Waals surface area contributed by atoms with Crippen LogP contribution in [0.5, 0.6) is 0 Å². The number of hydrogen-bond acceptors (Lipinski definition) is 2. The first-order valence-corrected chi connectivity index (χ1v) is 8.77. The van der Waals surface area contributed by atoms with Gasteiger partial charge in [0.2, 0.25) is 0 Å². The molecule has 0 amide bonds. The summed E-state index contributed by atoms with van der Waals surface area (Å²) in [7, 11) is 0. The van der Waals surface area contributed by atoms with Gasteiger partial charge >= 0.3 is 0 Å². The monoisotopic (exact) mass is 286 g/mol. The van der Waals surface area contributed by atoms with E-state index in [2.05, 4.69) is 42.3 Å². The highest BCUT2D eigenvalue weighted by molar-refractivity contribution is 5.33. The fourth-order valence-corrected chi connectivity index (χ4v) is 4.32. The van der Waals surface area contributed by atoms with Gasteiger partial charge in [0, 0.05) is 32.2 Å². The van der Waals surface area contributed by atoms with Crippen LogP contribution in [0.2, 0.25) is 0 Å². The van der Waals surface area contributed by atoms with E-state index >= 15 is 0 Å². The summed E-state index contributed by atoms with van der Waals surface area (Å²) in [6, 6.07) is 7.73. The van der Waals surface area contributed by atoms with Gasteiger partial charge < -0.3 is 5.32 Å². The minimum Gasteiger partial charge on any atom is -0.314 e. The van der Waals surface area contributed by atoms with Gasteiger partial charge in [0.15, 0.2) is 0 Å². The molecule has 1 aromatic rings. The molecule has 1 aliphatic heterocycles. The first-order chi connectivity index (χ1) is 10.3. The molecule has 1 atom stereocenters. The lowest BCUT2D eigenvalue weighted by Crippen LogP contribution is -2.47. The Labute approximate surface area is 129 Å². The molecule has 0 spiro atoms. The molecular weight excluding hydrogens is 256 g/mol. The van der Waals surface area contributed by atoms with E-state index in [1.807, 2.05) is 0 Å². The molecule has 2 aliphatic rings. The zero-order valence-corrected chi connectivity index (χ0v) is 13.7. The molecule has 0 bridgehead atoms. The van der Waals surface area contributed by atoms with Crippen LogP contribution in [0.25, 0.3) is 0 Å². The Balaban J connectivity index is 1.89. The number of nitrogens with one attached hydrogen (secondary N) is 1. The molecule has 21 heavy (non-hydrogen) atoms. The Morgan fingerprint density at radius 1 is 1.05 bits per heavy atom. The van der Waals surface area contributed by atoms with Gasteiger partial charge in [0.1, 0.15) is 0 Å². The van der Waals surface area contributed by atoms with Crippen LogP contribution in [0.3, 0.4) is 0 Å². The summed E-state index contributed by atoms with van der Waals surface area (Å²) in [4.78, 5) is 2.75. The van der Waals surface area contributed by atoms with Crippen molar-refractivity contribution in [1.29, 1.82) is 0 Å². The lowest BCUT2D eigenvalue weighted by molar-refractivity contribution is 0.103. The van der Waals surface area contributed by atoms with Crippen molar-refractivity contribution in [2.45, 2.75) is 52.0 Å². The Morgan fingerprint density at radius 2 is 1.76 bits per heavy atom. The quantitative estimate of drug-likeness (QED) is 0.908. The van der Waals surface area contributed by atoms with E-state index in [1.165, 1.54) is 56.3 Å². The molecule has 1 aromatic carbocycles. The fraction of sp³-hybridized carbons (Fsp3) is 0.684.